The number of methoxy groups -OCH3 is 2. The van der Waals surface area contributed by atoms with Crippen molar-refractivity contribution in [2.75, 3.05) is 43.7 Å². The first-order valence-corrected chi connectivity index (χ1v) is 21.7. The minimum Gasteiger partial charge on any atom is -0.497 e. The maximum atomic E-state index is 15.3. The number of benzene rings is 3. The highest BCUT2D eigenvalue weighted by molar-refractivity contribution is 6.91. The number of likely N-dealkylation sites (tertiary alicyclic amines) is 1. The van der Waals surface area contributed by atoms with E-state index in [9.17, 15) is 14.7 Å². The van der Waals surface area contributed by atoms with E-state index in [-0.39, 0.29) is 48.3 Å². The Hall–Kier alpha value is -4.19. The number of carbonyl (C=O) groups is 3. The van der Waals surface area contributed by atoms with Crippen LogP contribution in [0.5, 0.6) is 11.5 Å². The number of piperidine rings is 1. The van der Waals surface area contributed by atoms with E-state index >= 15 is 4.79 Å². The van der Waals surface area contributed by atoms with Crippen LogP contribution in [0, 0.1) is 5.92 Å². The number of fused-ring (bicyclic) bond motifs is 2. The average molecular weight is 726 g/mol. The molecule has 1 spiro atoms. The van der Waals surface area contributed by atoms with E-state index in [1.807, 2.05) is 64.4 Å². The summed E-state index contributed by atoms with van der Waals surface area (Å²) in [7, 11) is 0.795. The first kappa shape index (κ1) is 36.2. The molecule has 0 bridgehead atoms. The molecule has 0 radical (unpaired) electrons. The quantitative estimate of drug-likeness (QED) is 0.281. The van der Waals surface area contributed by atoms with Crippen molar-refractivity contribution in [1.29, 1.82) is 0 Å². The van der Waals surface area contributed by atoms with Crippen LogP contribution < -0.4 is 24.5 Å². The Morgan fingerprint density at radius 2 is 1.71 bits per heavy atom. The van der Waals surface area contributed by atoms with Gasteiger partial charge in [0, 0.05) is 36.7 Å². The van der Waals surface area contributed by atoms with Gasteiger partial charge in [0.2, 0.25) is 11.8 Å². The smallest absolute Gasteiger partial charge is 0.264 e. The lowest BCUT2D eigenvalue weighted by Gasteiger charge is -2.37. The fourth-order valence-electron chi connectivity index (χ4n) is 9.50. The van der Waals surface area contributed by atoms with Crippen LogP contribution in [0.2, 0.25) is 18.6 Å². The second-order valence-corrected chi connectivity index (χ2v) is 20.1. The van der Waals surface area contributed by atoms with Crippen molar-refractivity contribution in [3.05, 3.63) is 77.9 Å². The van der Waals surface area contributed by atoms with Crippen molar-refractivity contribution in [3.8, 4) is 11.5 Å². The molecule has 5 atom stereocenters. The number of nitrogens with zero attached hydrogens (tertiary/aromatic N) is 3. The summed E-state index contributed by atoms with van der Waals surface area (Å²) in [5, 5.41) is 11.3. The monoisotopic (exact) mass is 725 g/mol. The van der Waals surface area contributed by atoms with Crippen molar-refractivity contribution >= 4 is 42.4 Å². The molecule has 276 valence electrons. The molecule has 11 heteroatoms. The lowest BCUT2D eigenvalue weighted by atomic mass is 9.82. The maximum absolute atomic E-state index is 15.3. The standard InChI is InChI=1S/C41H51N3O7Si/c1-27-39(52(4,5)33-17-14-31(49-2)15-18-33)36(24-38(47)43-21-9-12-30(43)26-45)51-41(27)34-23-32(50-3)16-19-35(34)44(40(41)48)25-28-10-8-11-29(22-28)42-20-7-6-13-37(42)46/h8,10-11,14-19,22-23,27,30,36,39,45H,6-7,9,12-13,20-21,24-26H2,1-5H3/t27-,30+,36+,39-,41+/m1/s1. The SMILES string of the molecule is COc1ccc([Si](C)(C)[C@H]2[C@H](CC(=O)N3CCC[C@H]3CO)O[C@@]3(C(=O)N(Cc4cccc(N5CCCCC5=O)c4)c4ccc(OC)cc43)[C@@H]2C)cc1. The third-order valence-corrected chi connectivity index (χ3v) is 16.6. The van der Waals surface area contributed by atoms with Gasteiger partial charge in [0.25, 0.3) is 5.91 Å². The van der Waals surface area contributed by atoms with Gasteiger partial charge in [0.15, 0.2) is 5.60 Å². The first-order valence-electron chi connectivity index (χ1n) is 18.7. The van der Waals surface area contributed by atoms with Gasteiger partial charge in [0.1, 0.15) is 11.5 Å². The van der Waals surface area contributed by atoms with Gasteiger partial charge >= 0.3 is 0 Å². The van der Waals surface area contributed by atoms with Crippen molar-refractivity contribution < 1.29 is 33.7 Å². The van der Waals surface area contributed by atoms with Crippen LogP contribution in [0.15, 0.2) is 66.7 Å². The van der Waals surface area contributed by atoms with Crippen LogP contribution in [0.3, 0.4) is 0 Å². The van der Waals surface area contributed by atoms with Gasteiger partial charge in [-0.15, -0.1) is 0 Å². The fraction of sp³-hybridized carbons (Fsp3) is 0.488. The van der Waals surface area contributed by atoms with E-state index in [2.05, 4.69) is 32.2 Å². The zero-order chi connectivity index (χ0) is 36.8. The second kappa shape index (κ2) is 14.3. The van der Waals surface area contributed by atoms with Crippen molar-refractivity contribution in [1.82, 2.24) is 4.90 Å². The molecule has 3 amide bonds. The molecule has 0 aliphatic carbocycles. The maximum Gasteiger partial charge on any atom is 0.264 e. The van der Waals surface area contributed by atoms with Crippen molar-refractivity contribution in [2.45, 2.75) is 88.4 Å². The summed E-state index contributed by atoms with van der Waals surface area (Å²) in [4.78, 5) is 47.6. The molecule has 3 aromatic rings. The van der Waals surface area contributed by atoms with Gasteiger partial charge in [-0.2, -0.15) is 0 Å². The Kier molecular flexibility index (Phi) is 9.96. The van der Waals surface area contributed by atoms with Crippen LogP contribution in [-0.2, 0) is 31.3 Å². The molecule has 52 heavy (non-hydrogen) atoms. The number of hydrogen-bond acceptors (Lipinski definition) is 7. The van der Waals surface area contributed by atoms with Gasteiger partial charge in [-0.1, -0.05) is 49.5 Å². The van der Waals surface area contributed by atoms with E-state index in [1.165, 1.54) is 5.19 Å². The number of ether oxygens (including phenoxy) is 3. The Balaban J connectivity index is 1.29. The summed E-state index contributed by atoms with van der Waals surface area (Å²) in [6.45, 7) is 8.25. The molecule has 4 aliphatic heterocycles. The molecule has 10 nitrogen and oxygen atoms in total. The zero-order valence-electron chi connectivity index (χ0n) is 31.0. The second-order valence-electron chi connectivity index (χ2n) is 15.4. The predicted octanol–water partition coefficient (Wildman–Crippen LogP) is 5.36. The molecule has 4 heterocycles. The number of rotatable bonds is 10. The van der Waals surface area contributed by atoms with Crippen LogP contribution in [0.1, 0.15) is 56.6 Å². The van der Waals surface area contributed by atoms with Crippen LogP contribution >= 0.6 is 0 Å². The molecular formula is C41H51N3O7Si. The molecule has 3 saturated heterocycles. The Bertz CT molecular complexity index is 1830. The Morgan fingerprint density at radius 1 is 0.962 bits per heavy atom. The summed E-state index contributed by atoms with van der Waals surface area (Å²) < 4.78 is 18.4. The van der Waals surface area contributed by atoms with Gasteiger partial charge in [-0.05, 0) is 79.3 Å². The highest BCUT2D eigenvalue weighted by Crippen LogP contribution is 2.60. The molecule has 4 aliphatic rings. The van der Waals surface area contributed by atoms with E-state index in [1.54, 1.807) is 19.1 Å². The third-order valence-electron chi connectivity index (χ3n) is 12.2. The molecular weight excluding hydrogens is 675 g/mol. The minimum atomic E-state index is -2.48. The number of aliphatic hydroxyl groups excluding tert-OH is 1. The number of amides is 3. The summed E-state index contributed by atoms with van der Waals surface area (Å²) in [5.41, 5.74) is 1.80. The van der Waals surface area contributed by atoms with E-state index < -0.39 is 19.8 Å². The predicted molar refractivity (Wildman–Crippen MR) is 203 cm³/mol. The largest absolute Gasteiger partial charge is 0.497 e. The lowest BCUT2D eigenvalue weighted by Crippen LogP contribution is -2.52. The van der Waals surface area contributed by atoms with Crippen LogP contribution in [0.25, 0.3) is 0 Å². The van der Waals surface area contributed by atoms with Gasteiger partial charge in [0.05, 0.1) is 59.7 Å². The normalized spacial score (nSPS) is 26.0. The number of hydrogen-bond donors (Lipinski definition) is 1. The van der Waals surface area contributed by atoms with Crippen molar-refractivity contribution in [3.63, 3.8) is 0 Å². The molecule has 0 aromatic heterocycles. The lowest BCUT2D eigenvalue weighted by molar-refractivity contribution is -0.150. The summed E-state index contributed by atoms with van der Waals surface area (Å²) in [5.74, 6) is 1.03. The van der Waals surface area contributed by atoms with Crippen LogP contribution in [-0.4, -0.2) is 81.9 Å². The highest BCUT2D eigenvalue weighted by atomic mass is 28.3. The number of anilines is 2. The minimum absolute atomic E-state index is 0.0485. The Morgan fingerprint density at radius 3 is 2.42 bits per heavy atom. The van der Waals surface area contributed by atoms with Gasteiger partial charge in [-0.3, -0.25) is 14.4 Å². The number of carbonyl (C=O) groups excluding carboxylic acids is 3. The zero-order valence-corrected chi connectivity index (χ0v) is 32.0. The van der Waals surface area contributed by atoms with Gasteiger partial charge in [-0.25, -0.2) is 0 Å². The molecule has 3 fully saturated rings. The van der Waals surface area contributed by atoms with E-state index in [0.29, 0.717) is 31.8 Å². The molecule has 1 N–H and O–H groups in total. The third kappa shape index (κ3) is 6.10. The fourth-order valence-corrected chi connectivity index (χ4v) is 13.5. The first-order chi connectivity index (χ1) is 25.0. The molecule has 7 rings (SSSR count). The van der Waals surface area contributed by atoms with E-state index in [4.69, 9.17) is 14.2 Å². The molecule has 0 unspecified atom stereocenters. The molecule has 0 saturated carbocycles. The summed E-state index contributed by atoms with van der Waals surface area (Å²) >= 11 is 0. The van der Waals surface area contributed by atoms with Crippen LogP contribution in [0.4, 0.5) is 11.4 Å². The van der Waals surface area contributed by atoms with E-state index in [0.717, 1.165) is 53.9 Å². The Labute approximate surface area is 307 Å². The average Bonchev–Trinajstić information content (AvgIpc) is 3.82. The number of aliphatic hydroxyl groups is 1. The molecule has 3 aromatic carbocycles. The summed E-state index contributed by atoms with van der Waals surface area (Å²) in [6.07, 6.45) is 3.63. The highest BCUT2D eigenvalue weighted by Gasteiger charge is 2.66. The van der Waals surface area contributed by atoms with Crippen molar-refractivity contribution in [2.24, 2.45) is 5.92 Å². The summed E-state index contributed by atoms with van der Waals surface area (Å²) in [6, 6.07) is 21.6. The topological polar surface area (TPSA) is 109 Å². The van der Waals surface area contributed by atoms with Gasteiger partial charge < -0.3 is 34.0 Å².